The molecule has 0 saturated heterocycles. The molecular formula is C20H21N3O4. The lowest BCUT2D eigenvalue weighted by atomic mass is 9.92. The SMILES string of the molecule is Cc1noc(C)c1CCNC(=O)[C@@H]1[C@@H]2C(=O)Nc3ccccc3C(=O)[C@]12C. The van der Waals surface area contributed by atoms with Gasteiger partial charge < -0.3 is 15.2 Å². The Hall–Kier alpha value is -2.96. The summed E-state index contributed by atoms with van der Waals surface area (Å²) in [5.74, 6) is -1.26. The van der Waals surface area contributed by atoms with Gasteiger partial charge in [0, 0.05) is 17.7 Å². The molecule has 2 aromatic rings. The summed E-state index contributed by atoms with van der Waals surface area (Å²) in [7, 11) is 0. The zero-order valence-corrected chi connectivity index (χ0v) is 15.5. The third-order valence-corrected chi connectivity index (χ3v) is 5.86. The van der Waals surface area contributed by atoms with E-state index in [9.17, 15) is 14.4 Å². The molecular weight excluding hydrogens is 346 g/mol. The lowest BCUT2D eigenvalue weighted by Gasteiger charge is -2.12. The molecule has 2 aliphatic rings. The number of aromatic nitrogens is 1. The Labute approximate surface area is 156 Å². The van der Waals surface area contributed by atoms with E-state index < -0.39 is 17.3 Å². The van der Waals surface area contributed by atoms with E-state index in [1.54, 1.807) is 31.2 Å². The van der Waals surface area contributed by atoms with Crippen LogP contribution in [-0.4, -0.2) is 29.3 Å². The van der Waals surface area contributed by atoms with Crippen LogP contribution in [0.25, 0.3) is 0 Å². The molecule has 1 aromatic heterocycles. The van der Waals surface area contributed by atoms with Crippen molar-refractivity contribution in [2.45, 2.75) is 27.2 Å². The highest BCUT2D eigenvalue weighted by molar-refractivity contribution is 6.19. The smallest absolute Gasteiger partial charge is 0.229 e. The molecule has 0 bridgehead atoms. The van der Waals surface area contributed by atoms with E-state index in [0.29, 0.717) is 24.2 Å². The first-order valence-corrected chi connectivity index (χ1v) is 9.00. The zero-order valence-electron chi connectivity index (χ0n) is 15.5. The van der Waals surface area contributed by atoms with Crippen LogP contribution in [0.15, 0.2) is 28.8 Å². The maximum atomic E-state index is 13.0. The summed E-state index contributed by atoms with van der Waals surface area (Å²) in [4.78, 5) is 38.3. The van der Waals surface area contributed by atoms with Crippen molar-refractivity contribution in [3.8, 4) is 0 Å². The summed E-state index contributed by atoms with van der Waals surface area (Å²) < 4.78 is 5.12. The lowest BCUT2D eigenvalue weighted by Crippen LogP contribution is -2.31. The Morgan fingerprint density at radius 1 is 1.30 bits per heavy atom. The van der Waals surface area contributed by atoms with E-state index in [1.165, 1.54) is 0 Å². The molecule has 1 aliphatic heterocycles. The van der Waals surface area contributed by atoms with Crippen molar-refractivity contribution in [1.82, 2.24) is 10.5 Å². The number of nitrogens with zero attached hydrogens (tertiary/aromatic N) is 1. The molecule has 3 atom stereocenters. The molecule has 7 nitrogen and oxygen atoms in total. The predicted molar refractivity (Wildman–Crippen MR) is 97.2 cm³/mol. The van der Waals surface area contributed by atoms with Gasteiger partial charge in [0.2, 0.25) is 11.8 Å². The number of carbonyl (C=O) groups excluding carboxylic acids is 3. The van der Waals surface area contributed by atoms with Crippen molar-refractivity contribution < 1.29 is 18.9 Å². The van der Waals surface area contributed by atoms with Gasteiger partial charge in [-0.25, -0.2) is 0 Å². The minimum absolute atomic E-state index is 0.160. The summed E-state index contributed by atoms with van der Waals surface area (Å²) in [6, 6.07) is 6.92. The number of rotatable bonds is 4. The number of aryl methyl sites for hydroxylation is 2. The van der Waals surface area contributed by atoms with Gasteiger partial charge in [-0.3, -0.25) is 14.4 Å². The standard InChI is InChI=1S/C20H21N3O4/c1-10-12(11(2)27-23-10)8-9-21-18(25)15-16-19(26)22-14-7-5-4-6-13(14)17(24)20(15,16)3/h4-7,15-16H,8-9H2,1-3H3,(H,21,25)(H,22,26)/t15-,16+,20+/m0/s1. The number of nitrogens with one attached hydrogen (secondary N) is 2. The molecule has 2 heterocycles. The second kappa shape index (κ2) is 6.04. The normalized spacial score (nSPS) is 25.9. The van der Waals surface area contributed by atoms with Crippen molar-refractivity contribution in [2.75, 3.05) is 11.9 Å². The molecule has 0 unspecified atom stereocenters. The van der Waals surface area contributed by atoms with Crippen LogP contribution in [0.2, 0.25) is 0 Å². The van der Waals surface area contributed by atoms with Gasteiger partial charge in [-0.2, -0.15) is 0 Å². The molecule has 1 aliphatic carbocycles. The van der Waals surface area contributed by atoms with Crippen molar-refractivity contribution in [2.24, 2.45) is 17.3 Å². The molecule has 27 heavy (non-hydrogen) atoms. The van der Waals surface area contributed by atoms with Crippen molar-refractivity contribution >= 4 is 23.3 Å². The van der Waals surface area contributed by atoms with Crippen LogP contribution in [0.4, 0.5) is 5.69 Å². The van der Waals surface area contributed by atoms with Gasteiger partial charge in [-0.05, 0) is 32.4 Å². The maximum Gasteiger partial charge on any atom is 0.229 e. The number of ketones is 1. The number of hydrogen-bond donors (Lipinski definition) is 2. The maximum absolute atomic E-state index is 13.0. The monoisotopic (exact) mass is 367 g/mol. The molecule has 4 rings (SSSR count). The van der Waals surface area contributed by atoms with Crippen LogP contribution in [0, 0.1) is 31.1 Å². The van der Waals surface area contributed by atoms with Crippen LogP contribution in [-0.2, 0) is 16.0 Å². The molecule has 140 valence electrons. The van der Waals surface area contributed by atoms with Gasteiger partial charge in [0.1, 0.15) is 5.76 Å². The summed E-state index contributed by atoms with van der Waals surface area (Å²) in [6.45, 7) is 5.79. The Bertz CT molecular complexity index is 944. The molecule has 0 radical (unpaired) electrons. The predicted octanol–water partition coefficient (Wildman–Crippen LogP) is 2.04. The van der Waals surface area contributed by atoms with E-state index in [2.05, 4.69) is 15.8 Å². The van der Waals surface area contributed by atoms with Crippen molar-refractivity contribution in [3.05, 3.63) is 46.8 Å². The quantitative estimate of drug-likeness (QED) is 0.861. The van der Waals surface area contributed by atoms with Gasteiger partial charge in [0.05, 0.1) is 28.6 Å². The Balaban J connectivity index is 1.49. The minimum atomic E-state index is -0.996. The van der Waals surface area contributed by atoms with Crippen LogP contribution >= 0.6 is 0 Å². The number of fused-ring (bicyclic) bond motifs is 2. The first-order valence-electron chi connectivity index (χ1n) is 9.00. The highest BCUT2D eigenvalue weighted by atomic mass is 16.5. The van der Waals surface area contributed by atoms with E-state index in [4.69, 9.17) is 4.52 Å². The zero-order chi connectivity index (χ0) is 19.3. The number of para-hydroxylation sites is 1. The van der Waals surface area contributed by atoms with Crippen molar-refractivity contribution in [1.29, 1.82) is 0 Å². The highest BCUT2D eigenvalue weighted by Crippen LogP contribution is 2.62. The average Bonchev–Trinajstić information content (AvgIpc) is 3.19. The Kier molecular flexibility index (Phi) is 3.91. The highest BCUT2D eigenvalue weighted by Gasteiger charge is 2.73. The van der Waals surface area contributed by atoms with E-state index in [0.717, 1.165) is 17.0 Å². The lowest BCUT2D eigenvalue weighted by molar-refractivity contribution is -0.125. The topological polar surface area (TPSA) is 101 Å². The first kappa shape index (κ1) is 17.5. The Morgan fingerprint density at radius 2 is 2.04 bits per heavy atom. The largest absolute Gasteiger partial charge is 0.361 e. The number of anilines is 1. The fourth-order valence-electron chi connectivity index (χ4n) is 4.21. The molecule has 0 spiro atoms. The second-order valence-corrected chi connectivity index (χ2v) is 7.45. The fraction of sp³-hybridized carbons (Fsp3) is 0.400. The number of hydrogen-bond acceptors (Lipinski definition) is 5. The minimum Gasteiger partial charge on any atom is -0.361 e. The molecule has 1 saturated carbocycles. The number of benzene rings is 1. The van der Waals surface area contributed by atoms with Crippen LogP contribution < -0.4 is 10.6 Å². The third-order valence-electron chi connectivity index (χ3n) is 5.86. The average molecular weight is 367 g/mol. The molecule has 1 aromatic carbocycles. The number of Topliss-reactive ketones (excluding diaryl/α,β-unsaturated/α-hetero) is 1. The van der Waals surface area contributed by atoms with Gasteiger partial charge in [0.25, 0.3) is 0 Å². The summed E-state index contributed by atoms with van der Waals surface area (Å²) >= 11 is 0. The van der Waals surface area contributed by atoms with Gasteiger partial charge in [-0.1, -0.05) is 24.2 Å². The number of carbonyl (C=O) groups is 3. The van der Waals surface area contributed by atoms with Crippen LogP contribution in [0.5, 0.6) is 0 Å². The second-order valence-electron chi connectivity index (χ2n) is 7.45. The third kappa shape index (κ3) is 2.57. The van der Waals surface area contributed by atoms with Gasteiger partial charge in [0.15, 0.2) is 5.78 Å². The van der Waals surface area contributed by atoms with Gasteiger partial charge in [-0.15, -0.1) is 0 Å². The van der Waals surface area contributed by atoms with Crippen molar-refractivity contribution in [3.63, 3.8) is 0 Å². The summed E-state index contributed by atoms with van der Waals surface area (Å²) in [6.07, 6.45) is 0.587. The molecule has 2 N–H and O–H groups in total. The van der Waals surface area contributed by atoms with Gasteiger partial charge >= 0.3 is 0 Å². The molecule has 7 heteroatoms. The van der Waals surface area contributed by atoms with Crippen LogP contribution in [0.1, 0.15) is 34.3 Å². The summed E-state index contributed by atoms with van der Waals surface area (Å²) in [5.41, 5.74) is 1.75. The Morgan fingerprint density at radius 3 is 2.74 bits per heavy atom. The fourth-order valence-corrected chi connectivity index (χ4v) is 4.21. The van der Waals surface area contributed by atoms with E-state index >= 15 is 0 Å². The van der Waals surface area contributed by atoms with E-state index in [-0.39, 0.29) is 17.6 Å². The number of amides is 2. The first-order chi connectivity index (χ1) is 12.9. The van der Waals surface area contributed by atoms with Crippen LogP contribution in [0.3, 0.4) is 0 Å². The molecule has 1 fully saturated rings. The van der Waals surface area contributed by atoms with E-state index in [1.807, 2.05) is 13.8 Å². The summed E-state index contributed by atoms with van der Waals surface area (Å²) in [5, 5.41) is 9.55. The molecule has 2 amide bonds.